The van der Waals surface area contributed by atoms with Gasteiger partial charge in [0.2, 0.25) is 0 Å². The Morgan fingerprint density at radius 1 is 1.38 bits per heavy atom. The molecular weight excluding hydrogens is 222 g/mol. The summed E-state index contributed by atoms with van der Waals surface area (Å²) in [6, 6.07) is 3.94. The van der Waals surface area contributed by atoms with E-state index in [1.54, 1.807) is 0 Å². The number of halogens is 1. The van der Waals surface area contributed by atoms with Crippen molar-refractivity contribution in [2.75, 3.05) is 7.05 Å². The highest BCUT2D eigenvalue weighted by molar-refractivity contribution is 6.35. The van der Waals surface area contributed by atoms with E-state index in [9.17, 15) is 0 Å². The van der Waals surface area contributed by atoms with E-state index in [1.807, 2.05) is 19.2 Å². The van der Waals surface area contributed by atoms with Crippen LogP contribution in [-0.2, 0) is 13.0 Å². The van der Waals surface area contributed by atoms with Gasteiger partial charge in [-0.25, -0.2) is 0 Å². The van der Waals surface area contributed by atoms with Crippen molar-refractivity contribution < 1.29 is 4.42 Å². The number of hydrogen-bond donors (Lipinski definition) is 1. The Labute approximate surface area is 101 Å². The maximum Gasteiger partial charge on any atom is 0.153 e. The fraction of sp³-hybridized carbons (Fsp3) is 0.385. The molecule has 3 heteroatoms. The average Bonchev–Trinajstić information content (AvgIpc) is 2.64. The van der Waals surface area contributed by atoms with Crippen LogP contribution in [0, 0.1) is 6.92 Å². The van der Waals surface area contributed by atoms with Crippen LogP contribution in [0.2, 0.25) is 5.02 Å². The van der Waals surface area contributed by atoms with Crippen molar-refractivity contribution in [2.24, 2.45) is 0 Å². The molecule has 0 saturated heterocycles. The molecule has 0 fully saturated rings. The molecule has 1 aromatic heterocycles. The number of benzene rings is 1. The molecule has 0 aliphatic carbocycles. The molecule has 0 unspecified atom stereocenters. The molecule has 1 N–H and O–H groups in total. The highest BCUT2D eigenvalue weighted by Crippen LogP contribution is 2.33. The van der Waals surface area contributed by atoms with Crippen LogP contribution < -0.4 is 5.32 Å². The minimum absolute atomic E-state index is 0.692. The second kappa shape index (κ2) is 4.48. The zero-order chi connectivity index (χ0) is 11.7. The van der Waals surface area contributed by atoms with Crippen molar-refractivity contribution in [2.45, 2.75) is 26.8 Å². The van der Waals surface area contributed by atoms with Gasteiger partial charge >= 0.3 is 0 Å². The second-order valence-corrected chi connectivity index (χ2v) is 4.36. The maximum atomic E-state index is 6.16. The Morgan fingerprint density at radius 2 is 2.12 bits per heavy atom. The summed E-state index contributed by atoms with van der Waals surface area (Å²) in [4.78, 5) is 0. The minimum atomic E-state index is 0.692. The van der Waals surface area contributed by atoms with Gasteiger partial charge < -0.3 is 9.73 Å². The SMILES string of the molecule is CCc1c(CNC)oc2c(Cl)ccc(C)c12. The van der Waals surface area contributed by atoms with Crippen LogP contribution in [0.25, 0.3) is 11.0 Å². The van der Waals surface area contributed by atoms with Gasteiger partial charge in [-0.05, 0) is 32.0 Å². The van der Waals surface area contributed by atoms with Gasteiger partial charge in [0.15, 0.2) is 5.58 Å². The van der Waals surface area contributed by atoms with Crippen LogP contribution >= 0.6 is 11.6 Å². The van der Waals surface area contributed by atoms with E-state index in [1.165, 1.54) is 16.5 Å². The van der Waals surface area contributed by atoms with E-state index in [4.69, 9.17) is 16.0 Å². The lowest BCUT2D eigenvalue weighted by Gasteiger charge is -2.00. The molecule has 0 saturated carbocycles. The third-order valence-electron chi connectivity index (χ3n) is 2.87. The quantitative estimate of drug-likeness (QED) is 0.881. The van der Waals surface area contributed by atoms with Crippen LogP contribution in [0.5, 0.6) is 0 Å². The molecule has 86 valence electrons. The Morgan fingerprint density at radius 3 is 2.75 bits per heavy atom. The molecule has 0 spiro atoms. The van der Waals surface area contributed by atoms with Crippen molar-refractivity contribution >= 4 is 22.6 Å². The van der Waals surface area contributed by atoms with E-state index < -0.39 is 0 Å². The van der Waals surface area contributed by atoms with Crippen LogP contribution in [0.3, 0.4) is 0 Å². The molecule has 0 radical (unpaired) electrons. The highest BCUT2D eigenvalue weighted by atomic mass is 35.5. The molecule has 1 heterocycles. The van der Waals surface area contributed by atoms with Crippen LogP contribution in [0.4, 0.5) is 0 Å². The van der Waals surface area contributed by atoms with E-state index >= 15 is 0 Å². The van der Waals surface area contributed by atoms with Gasteiger partial charge in [0.1, 0.15) is 5.76 Å². The van der Waals surface area contributed by atoms with Gasteiger partial charge in [-0.2, -0.15) is 0 Å². The molecule has 1 aromatic carbocycles. The minimum Gasteiger partial charge on any atom is -0.458 e. The third-order valence-corrected chi connectivity index (χ3v) is 3.17. The summed E-state index contributed by atoms with van der Waals surface area (Å²) in [6.45, 7) is 4.98. The number of rotatable bonds is 3. The highest BCUT2D eigenvalue weighted by Gasteiger charge is 2.15. The third kappa shape index (κ3) is 1.72. The van der Waals surface area contributed by atoms with Gasteiger partial charge in [-0.1, -0.05) is 24.6 Å². The number of aryl methyl sites for hydroxylation is 2. The first kappa shape index (κ1) is 11.5. The van der Waals surface area contributed by atoms with Gasteiger partial charge in [-0.15, -0.1) is 0 Å². The monoisotopic (exact) mass is 237 g/mol. The number of furan rings is 1. The summed E-state index contributed by atoms with van der Waals surface area (Å²) >= 11 is 6.16. The van der Waals surface area contributed by atoms with E-state index in [-0.39, 0.29) is 0 Å². The predicted molar refractivity (Wildman–Crippen MR) is 68.1 cm³/mol. The Balaban J connectivity index is 2.76. The Bertz CT molecular complexity index is 516. The first-order chi connectivity index (χ1) is 7.69. The first-order valence-corrected chi connectivity index (χ1v) is 5.90. The van der Waals surface area contributed by atoms with Gasteiger partial charge in [0.25, 0.3) is 0 Å². The molecule has 0 atom stereocenters. The van der Waals surface area contributed by atoms with Crippen molar-refractivity contribution in [1.29, 1.82) is 0 Å². The van der Waals surface area contributed by atoms with Crippen LogP contribution in [0.15, 0.2) is 16.5 Å². The van der Waals surface area contributed by atoms with Gasteiger partial charge in [0, 0.05) is 10.9 Å². The normalized spacial score (nSPS) is 11.2. The number of nitrogens with one attached hydrogen (secondary N) is 1. The lowest BCUT2D eigenvalue weighted by atomic mass is 10.0. The largest absolute Gasteiger partial charge is 0.458 e. The van der Waals surface area contributed by atoms with Gasteiger partial charge in [0.05, 0.1) is 11.6 Å². The van der Waals surface area contributed by atoms with Crippen LogP contribution in [-0.4, -0.2) is 7.05 Å². The molecule has 0 bridgehead atoms. The summed E-state index contributed by atoms with van der Waals surface area (Å²) < 4.78 is 5.85. The standard InChI is InChI=1S/C13H16ClNO/c1-4-9-11(7-15-3)16-13-10(14)6-5-8(2)12(9)13/h5-6,15H,4,7H2,1-3H3. The molecule has 0 aliphatic heterocycles. The van der Waals surface area contributed by atoms with Crippen molar-refractivity contribution in [1.82, 2.24) is 5.32 Å². The number of hydrogen-bond acceptors (Lipinski definition) is 2. The zero-order valence-corrected chi connectivity index (χ0v) is 10.6. The van der Waals surface area contributed by atoms with Crippen LogP contribution in [0.1, 0.15) is 23.8 Å². The molecule has 2 aromatic rings. The summed E-state index contributed by atoms with van der Waals surface area (Å²) in [6.07, 6.45) is 0.963. The van der Waals surface area contributed by atoms with Gasteiger partial charge in [-0.3, -0.25) is 0 Å². The topological polar surface area (TPSA) is 25.2 Å². The molecule has 16 heavy (non-hydrogen) atoms. The van der Waals surface area contributed by atoms with E-state index in [0.717, 1.165) is 24.3 Å². The molecule has 0 aliphatic rings. The van der Waals surface area contributed by atoms with E-state index in [2.05, 4.69) is 19.2 Å². The lowest BCUT2D eigenvalue weighted by Crippen LogP contribution is -2.05. The van der Waals surface area contributed by atoms with Crippen molar-refractivity contribution in [3.8, 4) is 0 Å². The predicted octanol–water partition coefficient (Wildman–Crippen LogP) is 3.68. The first-order valence-electron chi connectivity index (χ1n) is 5.53. The average molecular weight is 238 g/mol. The van der Waals surface area contributed by atoms with Crippen molar-refractivity contribution in [3.05, 3.63) is 34.0 Å². The fourth-order valence-corrected chi connectivity index (χ4v) is 2.33. The summed E-state index contributed by atoms with van der Waals surface area (Å²) in [5.74, 6) is 0.996. The fourth-order valence-electron chi connectivity index (χ4n) is 2.13. The second-order valence-electron chi connectivity index (χ2n) is 3.96. The Kier molecular flexibility index (Phi) is 3.22. The van der Waals surface area contributed by atoms with E-state index in [0.29, 0.717) is 5.02 Å². The smallest absolute Gasteiger partial charge is 0.153 e. The number of fused-ring (bicyclic) bond motifs is 1. The molecule has 2 rings (SSSR count). The molecule has 2 nitrogen and oxygen atoms in total. The summed E-state index contributed by atoms with van der Waals surface area (Å²) in [5.41, 5.74) is 3.32. The lowest BCUT2D eigenvalue weighted by molar-refractivity contribution is 0.525. The molecule has 0 amide bonds. The van der Waals surface area contributed by atoms with Crippen molar-refractivity contribution in [3.63, 3.8) is 0 Å². The summed E-state index contributed by atoms with van der Waals surface area (Å²) in [5, 5.41) is 4.99. The zero-order valence-electron chi connectivity index (χ0n) is 9.86. The maximum absolute atomic E-state index is 6.16. The molecular formula is C13H16ClNO. The summed E-state index contributed by atoms with van der Waals surface area (Å²) in [7, 11) is 1.92. The Hall–Kier alpha value is -0.990.